The molecule has 0 aliphatic heterocycles. The Morgan fingerprint density at radius 2 is 2.05 bits per heavy atom. The first kappa shape index (κ1) is 12.9. The number of aromatic nitrogens is 1. The van der Waals surface area contributed by atoms with E-state index in [1.807, 2.05) is 28.2 Å². The molecule has 1 aliphatic rings. The van der Waals surface area contributed by atoms with E-state index in [9.17, 15) is 4.79 Å². The Bertz CT molecular complexity index is 635. The molecule has 0 saturated heterocycles. The SMILES string of the molecule is CC1CCC(CN)(n2sc3ccccc3c2=O)CC1. The van der Waals surface area contributed by atoms with Crippen LogP contribution >= 0.6 is 11.5 Å². The molecule has 0 unspecified atom stereocenters. The van der Waals surface area contributed by atoms with Crippen molar-refractivity contribution in [2.75, 3.05) is 6.54 Å². The highest BCUT2D eigenvalue weighted by molar-refractivity contribution is 7.13. The number of hydrogen-bond acceptors (Lipinski definition) is 3. The predicted molar refractivity (Wildman–Crippen MR) is 80.7 cm³/mol. The largest absolute Gasteiger partial charge is 0.328 e. The van der Waals surface area contributed by atoms with Gasteiger partial charge in [-0.25, -0.2) is 0 Å². The minimum absolute atomic E-state index is 0.139. The molecule has 0 amide bonds. The first-order valence-electron chi connectivity index (χ1n) is 6.98. The molecule has 4 heteroatoms. The van der Waals surface area contributed by atoms with Crippen LogP contribution in [0.3, 0.4) is 0 Å². The van der Waals surface area contributed by atoms with Gasteiger partial charge in [0, 0.05) is 6.54 Å². The minimum Gasteiger partial charge on any atom is -0.328 e. The summed E-state index contributed by atoms with van der Waals surface area (Å²) in [5.41, 5.74) is 6.05. The fourth-order valence-corrected chi connectivity index (χ4v) is 4.30. The van der Waals surface area contributed by atoms with Gasteiger partial charge in [0.05, 0.1) is 15.6 Å². The molecule has 1 aliphatic carbocycles. The lowest BCUT2D eigenvalue weighted by atomic mass is 9.77. The second-order valence-electron chi connectivity index (χ2n) is 5.80. The molecule has 0 radical (unpaired) electrons. The molecule has 102 valence electrons. The lowest BCUT2D eigenvalue weighted by molar-refractivity contribution is 0.179. The standard InChI is InChI=1S/C15H20N2OS/c1-11-6-8-15(10-16,9-7-11)17-14(18)12-4-2-3-5-13(12)19-17/h2-5,11H,6-10,16H2,1H3. The summed E-state index contributed by atoms with van der Waals surface area (Å²) < 4.78 is 3.03. The van der Waals surface area contributed by atoms with Crippen LogP contribution in [0, 0.1) is 5.92 Å². The van der Waals surface area contributed by atoms with E-state index >= 15 is 0 Å². The van der Waals surface area contributed by atoms with Gasteiger partial charge in [-0.15, -0.1) is 0 Å². The second-order valence-corrected chi connectivity index (χ2v) is 6.79. The monoisotopic (exact) mass is 276 g/mol. The third kappa shape index (κ3) is 2.03. The maximum absolute atomic E-state index is 12.6. The first-order valence-corrected chi connectivity index (χ1v) is 7.75. The summed E-state index contributed by atoms with van der Waals surface area (Å²) in [4.78, 5) is 12.6. The molecule has 3 rings (SSSR count). The Balaban J connectivity index is 2.11. The van der Waals surface area contributed by atoms with E-state index in [2.05, 4.69) is 6.92 Å². The van der Waals surface area contributed by atoms with Gasteiger partial charge in [-0.05, 0) is 43.7 Å². The van der Waals surface area contributed by atoms with Gasteiger partial charge in [0.25, 0.3) is 5.56 Å². The fourth-order valence-electron chi connectivity index (χ4n) is 3.07. The van der Waals surface area contributed by atoms with Crippen LogP contribution in [-0.2, 0) is 5.54 Å². The van der Waals surface area contributed by atoms with Crippen molar-refractivity contribution >= 4 is 21.6 Å². The molecular formula is C15H20N2OS. The minimum atomic E-state index is -0.146. The van der Waals surface area contributed by atoms with E-state index in [0.717, 1.165) is 41.7 Å². The Kier molecular flexibility index (Phi) is 3.23. The zero-order chi connectivity index (χ0) is 13.5. The van der Waals surface area contributed by atoms with Gasteiger partial charge in [-0.2, -0.15) is 0 Å². The van der Waals surface area contributed by atoms with Crippen LogP contribution in [0.4, 0.5) is 0 Å². The second kappa shape index (κ2) is 4.76. The van der Waals surface area contributed by atoms with E-state index in [0.29, 0.717) is 6.54 Å². The quantitative estimate of drug-likeness (QED) is 0.916. The molecular weight excluding hydrogens is 256 g/mol. The molecule has 19 heavy (non-hydrogen) atoms. The summed E-state index contributed by atoms with van der Waals surface area (Å²) in [5.74, 6) is 0.754. The van der Waals surface area contributed by atoms with Crippen molar-refractivity contribution in [3.05, 3.63) is 34.6 Å². The predicted octanol–water partition coefficient (Wildman–Crippen LogP) is 2.93. The first-order chi connectivity index (χ1) is 9.16. The normalized spacial score (nSPS) is 27.8. The number of benzene rings is 1. The molecule has 2 N–H and O–H groups in total. The van der Waals surface area contributed by atoms with Gasteiger partial charge in [-0.1, -0.05) is 30.6 Å². The van der Waals surface area contributed by atoms with Gasteiger partial charge in [0.1, 0.15) is 0 Å². The zero-order valence-corrected chi connectivity index (χ0v) is 12.1. The molecule has 1 fully saturated rings. The lowest BCUT2D eigenvalue weighted by Gasteiger charge is -2.38. The van der Waals surface area contributed by atoms with Crippen molar-refractivity contribution in [2.24, 2.45) is 11.7 Å². The molecule has 0 spiro atoms. The van der Waals surface area contributed by atoms with Gasteiger partial charge >= 0.3 is 0 Å². The molecule has 0 bridgehead atoms. The number of rotatable bonds is 2. The van der Waals surface area contributed by atoms with Crippen LogP contribution in [0.5, 0.6) is 0 Å². The van der Waals surface area contributed by atoms with Gasteiger partial charge in [-0.3, -0.25) is 8.75 Å². The van der Waals surface area contributed by atoms with Crippen molar-refractivity contribution in [3.8, 4) is 0 Å². The van der Waals surface area contributed by atoms with Gasteiger partial charge in [0.2, 0.25) is 0 Å². The number of nitrogens with zero attached hydrogens (tertiary/aromatic N) is 1. The van der Waals surface area contributed by atoms with E-state index in [1.165, 1.54) is 0 Å². The zero-order valence-electron chi connectivity index (χ0n) is 11.3. The van der Waals surface area contributed by atoms with Gasteiger partial charge < -0.3 is 5.73 Å². The summed E-state index contributed by atoms with van der Waals surface area (Å²) in [5, 5.41) is 0.832. The third-order valence-corrected chi connectivity index (χ3v) is 5.80. The average molecular weight is 276 g/mol. The van der Waals surface area contributed by atoms with Crippen molar-refractivity contribution in [1.29, 1.82) is 0 Å². The number of fused-ring (bicyclic) bond motifs is 1. The highest BCUT2D eigenvalue weighted by atomic mass is 32.1. The summed E-state index contributed by atoms with van der Waals surface area (Å²) in [7, 11) is 0. The number of nitrogens with two attached hydrogens (primary N) is 1. The molecule has 0 atom stereocenters. The van der Waals surface area contributed by atoms with Crippen LogP contribution < -0.4 is 11.3 Å². The summed E-state index contributed by atoms with van der Waals surface area (Å²) >= 11 is 1.58. The Hall–Kier alpha value is -1.13. The van der Waals surface area contributed by atoms with Crippen LogP contribution in [0.25, 0.3) is 10.1 Å². The molecule has 2 aromatic rings. The summed E-state index contributed by atoms with van der Waals surface area (Å²) in [6.45, 7) is 2.85. The maximum atomic E-state index is 12.6. The molecule has 1 saturated carbocycles. The van der Waals surface area contributed by atoms with Crippen LogP contribution in [0.15, 0.2) is 29.1 Å². The van der Waals surface area contributed by atoms with Crippen molar-refractivity contribution < 1.29 is 0 Å². The Labute approximate surface area is 117 Å². The third-order valence-electron chi connectivity index (χ3n) is 4.51. The van der Waals surface area contributed by atoms with E-state index < -0.39 is 0 Å². The van der Waals surface area contributed by atoms with Crippen LogP contribution in [0.1, 0.15) is 32.6 Å². The highest BCUT2D eigenvalue weighted by Crippen LogP contribution is 2.38. The summed E-state index contributed by atoms with van der Waals surface area (Å²) in [6, 6.07) is 7.85. The average Bonchev–Trinajstić information content (AvgIpc) is 2.79. The van der Waals surface area contributed by atoms with Crippen molar-refractivity contribution in [1.82, 2.24) is 3.96 Å². The summed E-state index contributed by atoms with van der Waals surface area (Å²) in [6.07, 6.45) is 4.38. The number of hydrogen-bond donors (Lipinski definition) is 1. The molecule has 3 nitrogen and oxygen atoms in total. The molecule has 1 aromatic carbocycles. The Morgan fingerprint density at radius 1 is 1.37 bits per heavy atom. The van der Waals surface area contributed by atoms with E-state index in [-0.39, 0.29) is 11.1 Å². The van der Waals surface area contributed by atoms with Crippen molar-refractivity contribution in [3.63, 3.8) is 0 Å². The maximum Gasteiger partial charge on any atom is 0.269 e. The van der Waals surface area contributed by atoms with Crippen LogP contribution in [-0.4, -0.2) is 10.5 Å². The smallest absolute Gasteiger partial charge is 0.269 e. The van der Waals surface area contributed by atoms with E-state index in [4.69, 9.17) is 5.73 Å². The lowest BCUT2D eigenvalue weighted by Crippen LogP contribution is -2.46. The highest BCUT2D eigenvalue weighted by Gasteiger charge is 2.36. The molecule has 1 aromatic heterocycles. The fraction of sp³-hybridized carbons (Fsp3) is 0.533. The van der Waals surface area contributed by atoms with Gasteiger partial charge in [0.15, 0.2) is 0 Å². The van der Waals surface area contributed by atoms with Crippen LogP contribution in [0.2, 0.25) is 0 Å². The van der Waals surface area contributed by atoms with E-state index in [1.54, 1.807) is 11.5 Å². The van der Waals surface area contributed by atoms with Crippen molar-refractivity contribution in [2.45, 2.75) is 38.1 Å². The topological polar surface area (TPSA) is 48.0 Å². The Morgan fingerprint density at radius 3 is 2.68 bits per heavy atom. The molecule has 1 heterocycles.